The summed E-state index contributed by atoms with van der Waals surface area (Å²) in [5.74, 6) is -0.0398. The second kappa shape index (κ2) is 6.00. The second-order valence-electron chi connectivity index (χ2n) is 5.78. The number of hydrogen-bond donors (Lipinski definition) is 0. The molecule has 1 atom stereocenters. The lowest BCUT2D eigenvalue weighted by molar-refractivity contribution is 0.0636. The molecule has 1 amide bonds. The number of hydrogen-bond acceptors (Lipinski definition) is 2. The molecule has 3 aromatic heterocycles. The Kier molecular flexibility index (Phi) is 4.09. The highest BCUT2D eigenvalue weighted by Crippen LogP contribution is 2.35. The average molecular weight is 517 g/mol. The van der Waals surface area contributed by atoms with Gasteiger partial charge >= 0.3 is 0 Å². The van der Waals surface area contributed by atoms with Crippen molar-refractivity contribution in [2.45, 2.75) is 19.5 Å². The Morgan fingerprint density at radius 2 is 2.00 bits per heavy atom. The molecule has 1 aliphatic rings. The predicted octanol–water partition coefficient (Wildman–Crippen LogP) is 4.64. The molecule has 0 saturated carbocycles. The van der Waals surface area contributed by atoms with Crippen molar-refractivity contribution in [1.82, 2.24) is 19.1 Å². The van der Waals surface area contributed by atoms with Crippen LogP contribution in [0.5, 0.6) is 0 Å². The number of aromatic nitrogens is 3. The maximum absolute atomic E-state index is 13.0. The van der Waals surface area contributed by atoms with Crippen molar-refractivity contribution in [2.24, 2.45) is 0 Å². The van der Waals surface area contributed by atoms with E-state index in [2.05, 4.69) is 63.5 Å². The smallest absolute Gasteiger partial charge is 0.275 e. The molecule has 5 nitrogen and oxygen atoms in total. The molecular weight excluding hydrogens is 504 g/mol. The zero-order valence-electron chi connectivity index (χ0n) is 12.7. The maximum Gasteiger partial charge on any atom is 0.275 e. The van der Waals surface area contributed by atoms with Gasteiger partial charge in [0, 0.05) is 29.5 Å². The summed E-state index contributed by atoms with van der Waals surface area (Å²) < 4.78 is 6.88. The van der Waals surface area contributed by atoms with Crippen molar-refractivity contribution in [3.63, 3.8) is 0 Å². The summed E-state index contributed by atoms with van der Waals surface area (Å²) >= 11 is 10.6. The fraction of sp³-hybridized carbons (Fsp3) is 0.250. The molecule has 8 heteroatoms. The van der Waals surface area contributed by atoms with Crippen LogP contribution in [0, 0.1) is 0 Å². The van der Waals surface area contributed by atoms with Crippen LogP contribution in [0.2, 0.25) is 0 Å². The van der Waals surface area contributed by atoms with Crippen LogP contribution in [-0.4, -0.2) is 31.5 Å². The minimum atomic E-state index is -0.0398. The first-order chi connectivity index (χ1) is 11.5. The first kappa shape index (κ1) is 16.4. The summed E-state index contributed by atoms with van der Waals surface area (Å²) in [6, 6.07) is 7.77. The van der Waals surface area contributed by atoms with Crippen LogP contribution in [0.3, 0.4) is 0 Å². The topological polar surface area (TPSA) is 42.5 Å². The van der Waals surface area contributed by atoms with Crippen molar-refractivity contribution < 1.29 is 4.79 Å². The van der Waals surface area contributed by atoms with E-state index in [1.165, 1.54) is 0 Å². The number of amides is 1. The number of rotatable bonds is 1. The van der Waals surface area contributed by atoms with Gasteiger partial charge in [-0.3, -0.25) is 4.79 Å². The average Bonchev–Trinajstić information content (AvgIpc) is 3.10. The lowest BCUT2D eigenvalue weighted by Gasteiger charge is -2.34. The molecule has 0 aliphatic carbocycles. The van der Waals surface area contributed by atoms with Gasteiger partial charge in [0.1, 0.15) is 0 Å². The zero-order chi connectivity index (χ0) is 17.0. The van der Waals surface area contributed by atoms with Gasteiger partial charge in [0.15, 0.2) is 5.69 Å². The first-order valence-electron chi connectivity index (χ1n) is 7.46. The second-order valence-corrected chi connectivity index (χ2v) is 8.30. The summed E-state index contributed by atoms with van der Waals surface area (Å²) in [5.41, 5.74) is 2.48. The van der Waals surface area contributed by atoms with Gasteiger partial charge < -0.3 is 9.47 Å². The monoisotopic (exact) mass is 514 g/mol. The molecule has 4 heterocycles. The van der Waals surface area contributed by atoms with Crippen LogP contribution < -0.4 is 0 Å². The van der Waals surface area contributed by atoms with Crippen LogP contribution in [0.4, 0.5) is 0 Å². The van der Waals surface area contributed by atoms with E-state index in [9.17, 15) is 4.79 Å². The largest absolute Gasteiger partial charge is 0.335 e. The molecule has 0 N–H and O–H groups in total. The van der Waals surface area contributed by atoms with Gasteiger partial charge in [-0.15, -0.1) is 0 Å². The standard InChI is InChI=1S/C16H13Br3N4O/c1-9-14-7-12(18)15(19)22(14)5-4-21(9)16(24)13-6-11-3-2-10(17)8-23(11)20-13/h2-3,6-9H,4-5H2,1H3. The molecule has 0 radical (unpaired) electrons. The Labute approximate surface area is 164 Å². The van der Waals surface area contributed by atoms with E-state index < -0.39 is 0 Å². The fourth-order valence-electron chi connectivity index (χ4n) is 3.13. The predicted molar refractivity (Wildman–Crippen MR) is 102 cm³/mol. The molecule has 0 aromatic carbocycles. The molecule has 3 aromatic rings. The highest BCUT2D eigenvalue weighted by atomic mass is 79.9. The molecule has 0 spiro atoms. The molecule has 24 heavy (non-hydrogen) atoms. The number of halogens is 3. The van der Waals surface area contributed by atoms with Gasteiger partial charge in [-0.2, -0.15) is 5.10 Å². The van der Waals surface area contributed by atoms with E-state index in [0.29, 0.717) is 12.2 Å². The summed E-state index contributed by atoms with van der Waals surface area (Å²) in [7, 11) is 0. The van der Waals surface area contributed by atoms with E-state index in [1.807, 2.05) is 36.2 Å². The highest BCUT2D eigenvalue weighted by Gasteiger charge is 2.31. The van der Waals surface area contributed by atoms with Gasteiger partial charge in [0.25, 0.3) is 5.91 Å². The van der Waals surface area contributed by atoms with Crippen molar-refractivity contribution in [3.8, 4) is 0 Å². The van der Waals surface area contributed by atoms with Crippen molar-refractivity contribution in [3.05, 3.63) is 55.4 Å². The minimum absolute atomic E-state index is 0.00889. The van der Waals surface area contributed by atoms with Crippen molar-refractivity contribution in [2.75, 3.05) is 6.54 Å². The van der Waals surface area contributed by atoms with Crippen LogP contribution in [-0.2, 0) is 6.54 Å². The molecule has 0 fully saturated rings. The molecule has 1 unspecified atom stereocenters. The third-order valence-electron chi connectivity index (χ3n) is 4.38. The fourth-order valence-corrected chi connectivity index (χ4v) is 4.41. The molecule has 0 saturated heterocycles. The van der Waals surface area contributed by atoms with Gasteiger partial charge in [-0.05, 0) is 79.0 Å². The van der Waals surface area contributed by atoms with Gasteiger partial charge in [0.05, 0.1) is 20.6 Å². The quantitative estimate of drug-likeness (QED) is 0.473. The third-order valence-corrected chi connectivity index (χ3v) is 6.84. The molecule has 0 bridgehead atoms. The minimum Gasteiger partial charge on any atom is -0.335 e. The van der Waals surface area contributed by atoms with E-state index in [4.69, 9.17) is 0 Å². The molecule has 124 valence electrons. The van der Waals surface area contributed by atoms with E-state index in [1.54, 1.807) is 4.52 Å². The number of fused-ring (bicyclic) bond motifs is 2. The van der Waals surface area contributed by atoms with E-state index >= 15 is 0 Å². The zero-order valence-corrected chi connectivity index (χ0v) is 17.5. The highest BCUT2D eigenvalue weighted by molar-refractivity contribution is 9.13. The molecular formula is C16H13Br3N4O. The van der Waals surface area contributed by atoms with Gasteiger partial charge in [0.2, 0.25) is 0 Å². The van der Waals surface area contributed by atoms with Crippen LogP contribution in [0.25, 0.3) is 5.52 Å². The Balaban J connectivity index is 1.68. The third kappa shape index (κ3) is 2.55. The molecule has 1 aliphatic heterocycles. The van der Waals surface area contributed by atoms with Crippen molar-refractivity contribution >= 4 is 59.2 Å². The van der Waals surface area contributed by atoms with E-state index in [-0.39, 0.29) is 11.9 Å². The number of pyridine rings is 1. The van der Waals surface area contributed by atoms with E-state index in [0.717, 1.165) is 31.3 Å². The van der Waals surface area contributed by atoms with Gasteiger partial charge in [-0.25, -0.2) is 4.52 Å². The van der Waals surface area contributed by atoms with Crippen LogP contribution >= 0.6 is 47.8 Å². The number of carbonyl (C=O) groups excluding carboxylic acids is 1. The molecule has 4 rings (SSSR count). The lowest BCUT2D eigenvalue weighted by Crippen LogP contribution is -2.41. The van der Waals surface area contributed by atoms with Crippen LogP contribution in [0.15, 0.2) is 44.0 Å². The summed E-state index contributed by atoms with van der Waals surface area (Å²) in [5, 5.41) is 4.43. The van der Waals surface area contributed by atoms with Crippen molar-refractivity contribution in [1.29, 1.82) is 0 Å². The Hall–Kier alpha value is -1.12. The maximum atomic E-state index is 13.0. The lowest BCUT2D eigenvalue weighted by atomic mass is 10.1. The SMILES string of the molecule is CC1c2cc(Br)c(Br)n2CCN1C(=O)c1cc2ccc(Br)cn2n1. The Morgan fingerprint density at radius 3 is 2.79 bits per heavy atom. The number of carbonyl (C=O) groups is 1. The summed E-state index contributed by atoms with van der Waals surface area (Å²) in [6.45, 7) is 3.47. The normalized spacial score (nSPS) is 17.3. The number of nitrogens with zero attached hydrogens (tertiary/aromatic N) is 4. The Morgan fingerprint density at radius 1 is 1.21 bits per heavy atom. The Bertz CT molecular complexity index is 962. The first-order valence-corrected chi connectivity index (χ1v) is 9.84. The van der Waals surface area contributed by atoms with Crippen LogP contribution in [0.1, 0.15) is 29.1 Å². The van der Waals surface area contributed by atoms with Gasteiger partial charge in [-0.1, -0.05) is 0 Å². The summed E-state index contributed by atoms with van der Waals surface area (Å²) in [4.78, 5) is 14.9. The summed E-state index contributed by atoms with van der Waals surface area (Å²) in [6.07, 6.45) is 1.85.